The highest BCUT2D eigenvalue weighted by atomic mass is 35.5. The monoisotopic (exact) mass is 371 g/mol. The summed E-state index contributed by atoms with van der Waals surface area (Å²) in [6, 6.07) is 8.43. The number of carbonyl (C=O) groups is 1. The molecule has 2 N–H and O–H groups in total. The largest absolute Gasteiger partial charge is 0.373 e. The molecule has 0 spiro atoms. The molecule has 2 fully saturated rings. The predicted octanol–water partition coefficient (Wildman–Crippen LogP) is 3.09. The Morgan fingerprint density at radius 3 is 2.92 bits per heavy atom. The van der Waals surface area contributed by atoms with Crippen LogP contribution in [0.2, 0.25) is 5.02 Å². The summed E-state index contributed by atoms with van der Waals surface area (Å²) in [7, 11) is 0. The van der Waals surface area contributed by atoms with E-state index < -0.39 is 0 Å². The third-order valence-corrected chi connectivity index (χ3v) is 5.55. The third-order valence-electron chi connectivity index (χ3n) is 5.32. The minimum Gasteiger partial charge on any atom is -0.373 e. The van der Waals surface area contributed by atoms with Crippen molar-refractivity contribution in [1.82, 2.24) is 15.1 Å². The van der Waals surface area contributed by atoms with Crippen molar-refractivity contribution in [1.29, 1.82) is 5.26 Å². The summed E-state index contributed by atoms with van der Waals surface area (Å²) in [4.78, 5) is 12.4. The van der Waals surface area contributed by atoms with Crippen molar-refractivity contribution in [3.8, 4) is 11.8 Å². The lowest BCUT2D eigenvalue weighted by atomic mass is 9.96. The van der Waals surface area contributed by atoms with Gasteiger partial charge < -0.3 is 10.1 Å². The number of benzene rings is 1. The summed E-state index contributed by atoms with van der Waals surface area (Å²) in [5.41, 5.74) is 0.320. The van der Waals surface area contributed by atoms with Gasteiger partial charge in [0.05, 0.1) is 29.0 Å². The molecule has 2 heterocycles. The number of rotatable bonds is 3. The number of urea groups is 1. The smallest absolute Gasteiger partial charge is 0.320 e. The average Bonchev–Trinajstić information content (AvgIpc) is 3.01. The Morgan fingerprint density at radius 1 is 1.46 bits per heavy atom. The highest BCUT2D eigenvalue weighted by Crippen LogP contribution is 2.57. The minimum atomic E-state index is -0.376. The van der Waals surface area contributed by atoms with Crippen LogP contribution >= 0.6 is 11.6 Å². The van der Waals surface area contributed by atoms with Crippen LogP contribution < -0.4 is 10.6 Å². The Morgan fingerprint density at radius 2 is 2.27 bits per heavy atom. The first kappa shape index (κ1) is 16.9. The zero-order valence-corrected chi connectivity index (χ0v) is 15.2. The quantitative estimate of drug-likeness (QED) is 0.867. The molecule has 26 heavy (non-hydrogen) atoms. The molecule has 8 heteroatoms. The summed E-state index contributed by atoms with van der Waals surface area (Å²) < 4.78 is 7.28. The van der Waals surface area contributed by atoms with Crippen molar-refractivity contribution >= 4 is 23.4 Å². The van der Waals surface area contributed by atoms with E-state index >= 15 is 0 Å². The number of anilines is 1. The van der Waals surface area contributed by atoms with Gasteiger partial charge in [-0.05, 0) is 38.5 Å². The number of nitriles is 1. The number of hydrogen-bond donors (Lipinski definition) is 2. The number of nitrogens with one attached hydrogen (secondary N) is 2. The molecule has 1 aliphatic heterocycles. The molecule has 4 rings (SSSR count). The predicted molar refractivity (Wildman–Crippen MR) is 96.3 cm³/mol. The van der Waals surface area contributed by atoms with Crippen LogP contribution in [0.15, 0.2) is 30.5 Å². The van der Waals surface area contributed by atoms with E-state index in [-0.39, 0.29) is 17.2 Å². The first-order chi connectivity index (χ1) is 12.3. The number of nitrogens with zero attached hydrogens (tertiary/aromatic N) is 3. The maximum atomic E-state index is 12.4. The Kier molecular flexibility index (Phi) is 3.72. The molecule has 2 amide bonds. The van der Waals surface area contributed by atoms with Gasteiger partial charge in [-0.15, -0.1) is 5.10 Å². The Bertz CT molecular complexity index is 932. The molecule has 0 radical (unpaired) electrons. The van der Waals surface area contributed by atoms with E-state index in [1.54, 1.807) is 30.5 Å². The lowest BCUT2D eigenvalue weighted by molar-refractivity contribution is -0.00667. The third kappa shape index (κ3) is 2.62. The molecule has 7 nitrogen and oxygen atoms in total. The molecule has 0 bridgehead atoms. The molecule has 2 aliphatic rings. The van der Waals surface area contributed by atoms with E-state index in [0.29, 0.717) is 34.6 Å². The van der Waals surface area contributed by atoms with Gasteiger partial charge in [-0.25, -0.2) is 9.48 Å². The second-order valence-electron chi connectivity index (χ2n) is 7.19. The van der Waals surface area contributed by atoms with Crippen molar-refractivity contribution < 1.29 is 9.53 Å². The standard InChI is InChI=1S/C18H18ClN5O2/c1-17(2)18(8-12(18)10-26-17)22-16(25)21-15-5-6-24(23-15)14-4-3-13(19)7-11(14)9-20/h3-7,12H,8,10H2,1-2H3,(H2,21,22,23,25). The number of fused-ring (bicyclic) bond motifs is 1. The maximum absolute atomic E-state index is 12.4. The van der Waals surface area contributed by atoms with Crippen LogP contribution in [0.25, 0.3) is 5.69 Å². The van der Waals surface area contributed by atoms with Crippen LogP contribution in [0.3, 0.4) is 0 Å². The van der Waals surface area contributed by atoms with Gasteiger partial charge in [0.2, 0.25) is 0 Å². The SMILES string of the molecule is CC1(C)OCC2CC21NC(=O)Nc1ccn(-c2ccc(Cl)cc2C#N)n1. The first-order valence-electron chi connectivity index (χ1n) is 8.33. The molecule has 134 valence electrons. The summed E-state index contributed by atoms with van der Waals surface area (Å²) in [5, 5.41) is 19.9. The highest BCUT2D eigenvalue weighted by molar-refractivity contribution is 6.30. The Hall–Kier alpha value is -2.56. The van der Waals surface area contributed by atoms with Gasteiger partial charge in [-0.1, -0.05) is 11.6 Å². The molecule has 2 unspecified atom stereocenters. The van der Waals surface area contributed by atoms with Crippen LogP contribution in [-0.2, 0) is 4.74 Å². The van der Waals surface area contributed by atoms with Crippen molar-refractivity contribution in [2.45, 2.75) is 31.4 Å². The fraction of sp³-hybridized carbons (Fsp3) is 0.389. The van der Waals surface area contributed by atoms with Gasteiger partial charge in [-0.2, -0.15) is 5.26 Å². The molecule has 1 aliphatic carbocycles. The van der Waals surface area contributed by atoms with Crippen molar-refractivity contribution in [2.24, 2.45) is 5.92 Å². The van der Waals surface area contributed by atoms with Gasteiger partial charge in [0.15, 0.2) is 5.82 Å². The van der Waals surface area contributed by atoms with Gasteiger partial charge in [-0.3, -0.25) is 5.32 Å². The normalized spacial score (nSPS) is 25.2. The van der Waals surface area contributed by atoms with E-state index in [2.05, 4.69) is 21.8 Å². The number of halogens is 1. The zero-order chi connectivity index (χ0) is 18.5. The van der Waals surface area contributed by atoms with Crippen molar-refractivity contribution in [3.05, 3.63) is 41.0 Å². The molecule has 2 atom stereocenters. The topological polar surface area (TPSA) is 92.0 Å². The van der Waals surface area contributed by atoms with E-state index in [1.165, 1.54) is 4.68 Å². The lowest BCUT2D eigenvalue weighted by Crippen LogP contribution is -2.52. The maximum Gasteiger partial charge on any atom is 0.320 e. The lowest BCUT2D eigenvalue weighted by Gasteiger charge is -2.30. The van der Waals surface area contributed by atoms with E-state index in [4.69, 9.17) is 16.3 Å². The molecule has 1 saturated carbocycles. The van der Waals surface area contributed by atoms with Crippen LogP contribution in [0, 0.1) is 17.2 Å². The van der Waals surface area contributed by atoms with Gasteiger partial charge >= 0.3 is 6.03 Å². The first-order valence-corrected chi connectivity index (χ1v) is 8.71. The van der Waals surface area contributed by atoms with Gasteiger partial charge in [0.1, 0.15) is 6.07 Å². The second kappa shape index (κ2) is 5.73. The van der Waals surface area contributed by atoms with Crippen LogP contribution in [0.1, 0.15) is 25.8 Å². The molecular weight excluding hydrogens is 354 g/mol. The minimum absolute atomic E-state index is 0.302. The fourth-order valence-electron chi connectivity index (χ4n) is 3.68. The molecule has 1 aromatic carbocycles. The molecule has 1 aromatic heterocycles. The number of hydrogen-bond acceptors (Lipinski definition) is 4. The summed E-state index contributed by atoms with van der Waals surface area (Å²) >= 11 is 5.92. The highest BCUT2D eigenvalue weighted by Gasteiger charge is 2.69. The Labute approximate surface area is 155 Å². The average molecular weight is 372 g/mol. The zero-order valence-electron chi connectivity index (χ0n) is 14.4. The fourth-order valence-corrected chi connectivity index (χ4v) is 3.85. The molecular formula is C18H18ClN5O2. The molecule has 1 saturated heterocycles. The number of amides is 2. The summed E-state index contributed by atoms with van der Waals surface area (Å²) in [6.45, 7) is 4.67. The van der Waals surface area contributed by atoms with E-state index in [1.807, 2.05) is 13.8 Å². The van der Waals surface area contributed by atoms with Crippen LogP contribution in [0.4, 0.5) is 10.6 Å². The van der Waals surface area contributed by atoms with Crippen LogP contribution in [-0.4, -0.2) is 33.6 Å². The second-order valence-corrected chi connectivity index (χ2v) is 7.63. The van der Waals surface area contributed by atoms with E-state index in [0.717, 1.165) is 6.42 Å². The number of ether oxygens (including phenoxy) is 1. The van der Waals surface area contributed by atoms with Gasteiger partial charge in [0.25, 0.3) is 0 Å². The number of carbonyl (C=O) groups excluding carboxylic acids is 1. The van der Waals surface area contributed by atoms with Crippen molar-refractivity contribution in [2.75, 3.05) is 11.9 Å². The van der Waals surface area contributed by atoms with E-state index in [9.17, 15) is 10.1 Å². The summed E-state index contributed by atoms with van der Waals surface area (Å²) in [5.74, 6) is 0.764. The summed E-state index contributed by atoms with van der Waals surface area (Å²) in [6.07, 6.45) is 2.61. The van der Waals surface area contributed by atoms with Crippen LogP contribution in [0.5, 0.6) is 0 Å². The number of aromatic nitrogens is 2. The molecule has 2 aromatic rings. The Balaban J connectivity index is 1.48. The van der Waals surface area contributed by atoms with Gasteiger partial charge in [0, 0.05) is 23.2 Å². The van der Waals surface area contributed by atoms with Crippen molar-refractivity contribution in [3.63, 3.8) is 0 Å².